The van der Waals surface area contributed by atoms with Gasteiger partial charge in [-0.1, -0.05) is 30.8 Å². The molecule has 2 N–H and O–H groups in total. The summed E-state index contributed by atoms with van der Waals surface area (Å²) in [7, 11) is 0. The Bertz CT molecular complexity index is 852. The van der Waals surface area contributed by atoms with Gasteiger partial charge in [-0.05, 0) is 37.2 Å². The van der Waals surface area contributed by atoms with E-state index in [1.54, 1.807) is 0 Å². The summed E-state index contributed by atoms with van der Waals surface area (Å²) in [6.45, 7) is 0. The zero-order chi connectivity index (χ0) is 20.4. The van der Waals surface area contributed by atoms with Crippen LogP contribution in [0.2, 0.25) is 0 Å². The molecule has 2 fully saturated rings. The van der Waals surface area contributed by atoms with Gasteiger partial charge in [0.25, 0.3) is 12.3 Å². The van der Waals surface area contributed by atoms with Crippen molar-refractivity contribution in [2.45, 2.75) is 76.5 Å². The lowest BCUT2D eigenvalue weighted by Gasteiger charge is -2.26. The Balaban J connectivity index is 1.39. The Morgan fingerprint density at radius 1 is 1.17 bits per heavy atom. The summed E-state index contributed by atoms with van der Waals surface area (Å²) in [4.78, 5) is 29.8. The number of hydrogen-bond donors (Lipinski definition) is 2. The van der Waals surface area contributed by atoms with Crippen LogP contribution in [0.5, 0.6) is 0 Å². The molecule has 0 spiro atoms. The van der Waals surface area contributed by atoms with Crippen molar-refractivity contribution in [1.29, 1.82) is 0 Å². The molecule has 29 heavy (non-hydrogen) atoms. The first-order chi connectivity index (χ1) is 13.9. The van der Waals surface area contributed by atoms with E-state index in [0.717, 1.165) is 18.8 Å². The summed E-state index contributed by atoms with van der Waals surface area (Å²) in [6, 6.07) is 1.36. The van der Waals surface area contributed by atoms with Gasteiger partial charge in [-0.15, -0.1) is 0 Å². The zero-order valence-corrected chi connectivity index (χ0v) is 16.1. The van der Waals surface area contributed by atoms with E-state index in [4.69, 9.17) is 9.25 Å². The number of aryl methyl sites for hydroxylation is 1. The van der Waals surface area contributed by atoms with E-state index in [1.165, 1.54) is 25.3 Å². The van der Waals surface area contributed by atoms with Gasteiger partial charge in [0.1, 0.15) is 5.56 Å². The normalized spacial score (nSPS) is 23.0. The quantitative estimate of drug-likeness (QED) is 0.528. The van der Waals surface area contributed by atoms with Gasteiger partial charge in [-0.3, -0.25) is 10.1 Å². The fourth-order valence-corrected chi connectivity index (χ4v) is 3.77. The number of amides is 1. The number of carbonyl (C=O) groups excluding carboxylic acids is 1. The number of alkyl halides is 2. The van der Waals surface area contributed by atoms with Gasteiger partial charge in [-0.25, -0.2) is 13.6 Å². The molecule has 9 heteroatoms. The summed E-state index contributed by atoms with van der Waals surface area (Å²) in [6.07, 6.45) is 5.13. The zero-order valence-electron chi connectivity index (χ0n) is 16.1. The molecule has 1 aliphatic heterocycles. The molecule has 1 atom stereocenters. The van der Waals surface area contributed by atoms with Crippen molar-refractivity contribution in [3.63, 3.8) is 0 Å². The van der Waals surface area contributed by atoms with Crippen LogP contribution < -0.4 is 16.3 Å². The van der Waals surface area contributed by atoms with Crippen molar-refractivity contribution < 1.29 is 22.8 Å². The highest BCUT2D eigenvalue weighted by Gasteiger charge is 2.34. The molecule has 1 aromatic heterocycles. The lowest BCUT2D eigenvalue weighted by molar-refractivity contribution is -0.0197. The number of nitrogens with zero attached hydrogens (tertiary/aromatic N) is 1. The molecule has 2 aliphatic carbocycles. The van der Waals surface area contributed by atoms with Crippen LogP contribution in [0, 0.1) is 5.92 Å². The monoisotopic (exact) mass is 409 g/mol. The molecule has 1 aromatic rings. The summed E-state index contributed by atoms with van der Waals surface area (Å²) in [5, 5.41) is 9.32. The largest absolute Gasteiger partial charge is 0.406 e. The number of hydrogen-bond acceptors (Lipinski definition) is 6. The van der Waals surface area contributed by atoms with Crippen LogP contribution in [0.15, 0.2) is 20.4 Å². The van der Waals surface area contributed by atoms with Crippen molar-refractivity contribution in [2.75, 3.05) is 5.32 Å². The van der Waals surface area contributed by atoms with Gasteiger partial charge in [0.15, 0.2) is 0 Å². The molecule has 3 aliphatic rings. The molecule has 2 saturated carbocycles. The molecule has 158 valence electrons. The first-order valence-electron chi connectivity index (χ1n) is 10.2. The van der Waals surface area contributed by atoms with Crippen molar-refractivity contribution in [1.82, 2.24) is 5.32 Å². The minimum absolute atomic E-state index is 0.0545. The molecular weight excluding hydrogens is 384 g/mol. The molecule has 4 rings (SSSR count). The Kier molecular flexibility index (Phi) is 5.56. The van der Waals surface area contributed by atoms with Crippen molar-refractivity contribution in [3.8, 4) is 0 Å². The fraction of sp³-hybridized carbons (Fsp3) is 0.650. The molecule has 1 unspecified atom stereocenters. The molecule has 7 nitrogen and oxygen atoms in total. The van der Waals surface area contributed by atoms with Gasteiger partial charge in [0, 0.05) is 18.9 Å². The van der Waals surface area contributed by atoms with Gasteiger partial charge < -0.3 is 14.6 Å². The molecule has 2 heterocycles. The molecule has 0 aromatic carbocycles. The fourth-order valence-electron chi connectivity index (χ4n) is 3.77. The number of unbranched alkanes of at least 4 members (excludes halogenated alkanes) is 1. The number of carbonyl (C=O) groups is 1. The van der Waals surface area contributed by atoms with E-state index < -0.39 is 23.8 Å². The van der Waals surface area contributed by atoms with Gasteiger partial charge in [0.2, 0.25) is 11.8 Å². The summed E-state index contributed by atoms with van der Waals surface area (Å²) >= 11 is 0. The first kappa shape index (κ1) is 19.8. The smallest absolute Gasteiger partial charge is 0.337 e. The minimum atomic E-state index is -2.66. The SMILES string of the molecule is O=C1NC(ON=C2CCC(F)(F)CC2)Nc2oc(=O)cc(CCCCC3CC3)c21. The van der Waals surface area contributed by atoms with Crippen LogP contribution >= 0.6 is 0 Å². The second kappa shape index (κ2) is 8.12. The predicted molar refractivity (Wildman–Crippen MR) is 102 cm³/mol. The van der Waals surface area contributed by atoms with E-state index in [9.17, 15) is 18.4 Å². The first-order valence-corrected chi connectivity index (χ1v) is 10.2. The Morgan fingerprint density at radius 3 is 2.66 bits per heavy atom. The number of anilines is 1. The van der Waals surface area contributed by atoms with Gasteiger partial charge in [-0.2, -0.15) is 0 Å². The van der Waals surface area contributed by atoms with Crippen LogP contribution in [-0.2, 0) is 11.3 Å². The van der Waals surface area contributed by atoms with Gasteiger partial charge in [0.05, 0.1) is 5.71 Å². The van der Waals surface area contributed by atoms with Crippen LogP contribution in [0.25, 0.3) is 0 Å². The average Bonchev–Trinajstić information content (AvgIpc) is 3.48. The second-order valence-corrected chi connectivity index (χ2v) is 8.10. The Hall–Kier alpha value is -2.45. The third kappa shape index (κ3) is 5.13. The number of oxime groups is 1. The number of nitrogens with one attached hydrogen (secondary N) is 2. The summed E-state index contributed by atoms with van der Waals surface area (Å²) in [5.74, 6) is -2.17. The standard InChI is InChI=1S/C20H25F2N3O4/c21-20(22)9-7-14(8-10-20)25-29-19-23-17(27)16-13(4-2-1-3-12-5-6-12)11-15(26)28-18(16)24-19/h11-12,19,24H,1-10H2,(H,23,27). The minimum Gasteiger partial charge on any atom is -0.406 e. The highest BCUT2D eigenvalue weighted by molar-refractivity contribution is 6.01. The van der Waals surface area contributed by atoms with E-state index in [1.807, 2.05) is 0 Å². The van der Waals surface area contributed by atoms with Crippen molar-refractivity contribution in [2.24, 2.45) is 11.1 Å². The number of fused-ring (bicyclic) bond motifs is 1. The molecule has 0 saturated heterocycles. The average molecular weight is 409 g/mol. The predicted octanol–water partition coefficient (Wildman–Crippen LogP) is 3.78. The summed E-state index contributed by atoms with van der Waals surface area (Å²) < 4.78 is 31.6. The van der Waals surface area contributed by atoms with E-state index >= 15 is 0 Å². The maximum absolute atomic E-state index is 13.2. The van der Waals surface area contributed by atoms with Gasteiger partial charge >= 0.3 is 5.63 Å². The lowest BCUT2D eigenvalue weighted by Crippen LogP contribution is -2.47. The number of halogens is 2. The Morgan fingerprint density at radius 2 is 1.93 bits per heavy atom. The number of rotatable bonds is 7. The highest BCUT2D eigenvalue weighted by Crippen LogP contribution is 2.34. The van der Waals surface area contributed by atoms with Crippen molar-refractivity contribution >= 4 is 17.5 Å². The topological polar surface area (TPSA) is 92.9 Å². The molecule has 0 radical (unpaired) electrons. The third-order valence-electron chi connectivity index (χ3n) is 5.65. The lowest BCUT2D eigenvalue weighted by atomic mass is 9.95. The van der Waals surface area contributed by atoms with Crippen LogP contribution in [0.3, 0.4) is 0 Å². The molecular formula is C20H25F2N3O4. The van der Waals surface area contributed by atoms with Crippen LogP contribution in [-0.4, -0.2) is 23.9 Å². The third-order valence-corrected chi connectivity index (χ3v) is 5.65. The maximum Gasteiger partial charge on any atom is 0.337 e. The van der Waals surface area contributed by atoms with E-state index in [-0.39, 0.29) is 31.6 Å². The van der Waals surface area contributed by atoms with Crippen LogP contribution in [0.1, 0.15) is 73.7 Å². The van der Waals surface area contributed by atoms with E-state index in [2.05, 4.69) is 15.8 Å². The highest BCUT2D eigenvalue weighted by atomic mass is 19.3. The van der Waals surface area contributed by atoms with Crippen molar-refractivity contribution in [3.05, 3.63) is 27.6 Å². The second-order valence-electron chi connectivity index (χ2n) is 8.10. The molecule has 0 bridgehead atoms. The molecule has 1 amide bonds. The Labute approximate surface area is 166 Å². The van der Waals surface area contributed by atoms with Crippen LogP contribution in [0.4, 0.5) is 14.7 Å². The van der Waals surface area contributed by atoms with E-state index in [0.29, 0.717) is 23.3 Å². The summed E-state index contributed by atoms with van der Waals surface area (Å²) in [5.41, 5.74) is 0.934. The maximum atomic E-state index is 13.2.